The van der Waals surface area contributed by atoms with Gasteiger partial charge in [0.05, 0.1) is 70.9 Å². The van der Waals surface area contributed by atoms with Gasteiger partial charge in [-0.2, -0.15) is 23.7 Å². The maximum atomic E-state index is 15.0. The highest BCUT2D eigenvalue weighted by atomic mass is 19.4. The summed E-state index contributed by atoms with van der Waals surface area (Å²) in [6.45, 7) is 25.6. The third-order valence-corrected chi connectivity index (χ3v) is 12.0. The van der Waals surface area contributed by atoms with E-state index in [-0.39, 0.29) is 16.8 Å². The van der Waals surface area contributed by atoms with Crippen molar-refractivity contribution in [3.8, 4) is 56.9 Å². The van der Waals surface area contributed by atoms with Crippen molar-refractivity contribution in [1.29, 1.82) is 10.5 Å². The SMILES string of the molecule is [C-]#[N+]c1ccc(-c2ccc3c4ccccc4n(-c4cc([N+]#[C-])c(-c5c(C)cccc5C(F)(F)F)cc4-n4c5ccccc5c5ccc(-c6ccc(C#N)cc6[N+]#[C-])cc54)c3c2)c(C#N)c1. The highest BCUT2D eigenvalue weighted by molar-refractivity contribution is 6.13. The van der Waals surface area contributed by atoms with Gasteiger partial charge in [-0.25, -0.2) is 14.5 Å². The van der Waals surface area contributed by atoms with E-state index < -0.39 is 11.7 Å². The summed E-state index contributed by atoms with van der Waals surface area (Å²) >= 11 is 0. The number of nitriles is 2. The Hall–Kier alpha value is -9.40. The molecule has 0 bridgehead atoms. The van der Waals surface area contributed by atoms with Gasteiger partial charge in [0, 0.05) is 32.7 Å². The van der Waals surface area contributed by atoms with Crippen LogP contribution in [0.5, 0.6) is 0 Å². The molecule has 10 rings (SSSR count). The molecule has 65 heavy (non-hydrogen) atoms. The second-order valence-corrected chi connectivity index (χ2v) is 15.5. The first-order chi connectivity index (χ1) is 31.6. The van der Waals surface area contributed by atoms with Crippen LogP contribution in [0.4, 0.5) is 30.2 Å². The van der Waals surface area contributed by atoms with E-state index in [0.717, 1.165) is 38.6 Å². The Morgan fingerprint density at radius 2 is 1.08 bits per heavy atom. The summed E-state index contributed by atoms with van der Waals surface area (Å²) in [5.41, 5.74) is 7.28. The van der Waals surface area contributed by atoms with Crippen molar-refractivity contribution >= 4 is 60.7 Å². The molecule has 0 unspecified atom stereocenters. The first kappa shape index (κ1) is 39.7. The first-order valence-electron chi connectivity index (χ1n) is 20.2. The summed E-state index contributed by atoms with van der Waals surface area (Å²) in [4.78, 5) is 11.2. The van der Waals surface area contributed by atoms with Crippen molar-refractivity contribution in [2.75, 3.05) is 0 Å². The van der Waals surface area contributed by atoms with Crippen molar-refractivity contribution in [2.24, 2.45) is 0 Å². The van der Waals surface area contributed by atoms with Crippen LogP contribution in [0.25, 0.3) is 103 Å². The van der Waals surface area contributed by atoms with Crippen molar-refractivity contribution < 1.29 is 13.2 Å². The summed E-state index contributed by atoms with van der Waals surface area (Å²) in [7, 11) is 0. The predicted molar refractivity (Wildman–Crippen MR) is 249 cm³/mol. The Kier molecular flexibility index (Phi) is 9.29. The molecular formula is C55H28F3N7. The number of hydrogen-bond acceptors (Lipinski definition) is 2. The van der Waals surface area contributed by atoms with Crippen LogP contribution < -0.4 is 0 Å². The van der Waals surface area contributed by atoms with Gasteiger partial charge in [0.25, 0.3) is 0 Å². The van der Waals surface area contributed by atoms with Gasteiger partial charge in [-0.05, 0) is 107 Å². The van der Waals surface area contributed by atoms with Crippen LogP contribution in [0.3, 0.4) is 0 Å². The molecule has 0 fully saturated rings. The summed E-state index contributed by atoms with van der Waals surface area (Å²) in [6, 6.07) is 48.8. The molecule has 10 aromatic rings. The lowest BCUT2D eigenvalue weighted by atomic mass is 9.92. The average molecular weight is 844 g/mol. The van der Waals surface area contributed by atoms with Crippen molar-refractivity contribution in [1.82, 2.24) is 9.13 Å². The molecule has 8 aromatic carbocycles. The average Bonchev–Trinajstić information content (AvgIpc) is 3.84. The van der Waals surface area contributed by atoms with Crippen LogP contribution in [0.2, 0.25) is 0 Å². The molecule has 0 saturated heterocycles. The Morgan fingerprint density at radius 3 is 1.66 bits per heavy atom. The zero-order valence-corrected chi connectivity index (χ0v) is 34.2. The second kappa shape index (κ2) is 15.2. The summed E-state index contributed by atoms with van der Waals surface area (Å²) in [5.74, 6) is 0. The normalized spacial score (nSPS) is 11.3. The number of aromatic nitrogens is 2. The van der Waals surface area contributed by atoms with Crippen molar-refractivity contribution in [2.45, 2.75) is 13.1 Å². The van der Waals surface area contributed by atoms with Crippen LogP contribution in [0, 0.1) is 49.3 Å². The minimum atomic E-state index is -4.73. The molecule has 7 nitrogen and oxygen atoms in total. The van der Waals surface area contributed by atoms with Gasteiger partial charge in [-0.3, -0.25) is 0 Å². The molecule has 0 saturated carbocycles. The molecule has 2 heterocycles. The fraction of sp³-hybridized carbons (Fsp3) is 0.0364. The Bertz CT molecular complexity index is 3910. The Labute approximate surface area is 370 Å². The van der Waals surface area contributed by atoms with Crippen molar-refractivity contribution in [3.05, 3.63) is 208 Å². The molecule has 0 aliphatic heterocycles. The number of benzene rings is 8. The van der Waals surface area contributed by atoms with Crippen LogP contribution in [-0.4, -0.2) is 9.13 Å². The third kappa shape index (κ3) is 6.32. The number of para-hydroxylation sites is 2. The number of nitrogens with zero attached hydrogens (tertiary/aromatic N) is 7. The largest absolute Gasteiger partial charge is 0.416 e. The molecule has 0 aliphatic carbocycles. The van der Waals surface area contributed by atoms with Crippen LogP contribution in [0.15, 0.2) is 152 Å². The maximum Gasteiger partial charge on any atom is 0.416 e. The van der Waals surface area contributed by atoms with Gasteiger partial charge >= 0.3 is 6.18 Å². The standard InChI is InChI=1S/C55H28F3N7/c1-32-10-9-13-45(55(56,57)58)54(32)44-28-52(64-48-14-7-5-11-40(48)43-22-18-35(27-51(43)64)39-20-16-33(30-59)24-46(39)62-3)53(29-47(44)63-4)65-49-15-8-6-12-41(49)42-21-17-34(26-50(42)65)38-23-19-37(61-2)25-36(38)31-60/h5-29H,1H3. The van der Waals surface area contributed by atoms with E-state index in [1.54, 1.807) is 61.5 Å². The second-order valence-electron chi connectivity index (χ2n) is 15.5. The smallest absolute Gasteiger partial charge is 0.308 e. The Morgan fingerprint density at radius 1 is 0.508 bits per heavy atom. The lowest BCUT2D eigenvalue weighted by molar-refractivity contribution is -0.137. The topological polar surface area (TPSA) is 70.5 Å². The van der Waals surface area contributed by atoms with E-state index in [0.29, 0.717) is 72.7 Å². The maximum absolute atomic E-state index is 15.0. The highest BCUT2D eigenvalue weighted by Gasteiger charge is 2.35. The van der Waals surface area contributed by atoms with E-state index in [2.05, 4.69) is 26.7 Å². The molecule has 10 heteroatoms. The van der Waals surface area contributed by atoms with Crippen molar-refractivity contribution in [3.63, 3.8) is 0 Å². The molecule has 2 aromatic heterocycles. The molecule has 0 N–H and O–H groups in total. The van der Waals surface area contributed by atoms with Gasteiger partial charge in [-0.15, -0.1) is 0 Å². The Balaban J connectivity index is 1.38. The number of alkyl halides is 3. The van der Waals surface area contributed by atoms with E-state index in [1.165, 1.54) is 6.07 Å². The van der Waals surface area contributed by atoms with E-state index >= 15 is 13.2 Å². The highest BCUT2D eigenvalue weighted by Crippen LogP contribution is 2.48. The van der Waals surface area contributed by atoms with E-state index in [9.17, 15) is 10.5 Å². The predicted octanol–water partition coefficient (Wildman–Crippen LogP) is 15.6. The monoisotopic (exact) mass is 843 g/mol. The van der Waals surface area contributed by atoms with Gasteiger partial charge in [-0.1, -0.05) is 91.0 Å². The number of aryl methyl sites for hydroxylation is 1. The fourth-order valence-electron chi connectivity index (χ4n) is 9.16. The van der Waals surface area contributed by atoms with Gasteiger partial charge in [0.15, 0.2) is 17.1 Å². The van der Waals surface area contributed by atoms with Crippen LogP contribution in [0.1, 0.15) is 22.3 Å². The van der Waals surface area contributed by atoms with E-state index in [1.807, 2.05) is 94.1 Å². The molecule has 304 valence electrons. The lowest BCUT2D eigenvalue weighted by Gasteiger charge is -2.22. The zero-order chi connectivity index (χ0) is 45.1. The molecule has 0 amide bonds. The lowest BCUT2D eigenvalue weighted by Crippen LogP contribution is -2.09. The summed E-state index contributed by atoms with van der Waals surface area (Å²) in [5, 5.41) is 23.3. The number of halogens is 3. The number of fused-ring (bicyclic) bond motifs is 6. The quantitative estimate of drug-likeness (QED) is 0.162. The molecule has 0 radical (unpaired) electrons. The van der Waals surface area contributed by atoms with Crippen LogP contribution in [-0.2, 0) is 6.18 Å². The first-order valence-corrected chi connectivity index (χ1v) is 20.2. The number of rotatable bonds is 5. The molecule has 0 aliphatic rings. The molecule has 0 atom stereocenters. The molecule has 0 spiro atoms. The van der Waals surface area contributed by atoms with Gasteiger partial charge in [0.1, 0.15) is 0 Å². The minimum Gasteiger partial charge on any atom is -0.308 e. The van der Waals surface area contributed by atoms with Gasteiger partial charge < -0.3 is 9.13 Å². The van der Waals surface area contributed by atoms with Gasteiger partial charge in [0.2, 0.25) is 0 Å². The summed E-state index contributed by atoms with van der Waals surface area (Å²) < 4.78 is 49.1. The fourth-order valence-corrected chi connectivity index (χ4v) is 9.16. The number of hydrogen-bond donors (Lipinski definition) is 0. The van der Waals surface area contributed by atoms with E-state index in [4.69, 9.17) is 19.7 Å². The minimum absolute atomic E-state index is 0.00729. The van der Waals surface area contributed by atoms with Crippen LogP contribution >= 0.6 is 0 Å². The third-order valence-electron chi connectivity index (χ3n) is 12.0. The zero-order valence-electron chi connectivity index (χ0n) is 34.2. The summed E-state index contributed by atoms with van der Waals surface area (Å²) in [6.07, 6.45) is -4.73. The molecular weight excluding hydrogens is 816 g/mol.